The van der Waals surface area contributed by atoms with E-state index >= 15 is 0 Å². The molecule has 1 fully saturated rings. The summed E-state index contributed by atoms with van der Waals surface area (Å²) in [5.41, 5.74) is 5.47. The van der Waals surface area contributed by atoms with Gasteiger partial charge in [-0.1, -0.05) is 0 Å². The van der Waals surface area contributed by atoms with Crippen molar-refractivity contribution in [1.82, 2.24) is 14.9 Å². The molecule has 2 heterocycles. The smallest absolute Gasteiger partial charge is 0.240 e. The number of anilines is 1. The molecule has 12 heavy (non-hydrogen) atoms. The van der Waals surface area contributed by atoms with Gasteiger partial charge in [-0.15, -0.1) is 10.2 Å². The molecule has 1 aromatic rings. The van der Waals surface area contributed by atoms with Gasteiger partial charge in [-0.25, -0.2) is 4.68 Å². The first-order valence-corrected chi connectivity index (χ1v) is 4.98. The molecular weight excluding hydrogens is 174 g/mol. The van der Waals surface area contributed by atoms with Gasteiger partial charge in [0.15, 0.2) is 5.82 Å². The Morgan fingerprint density at radius 2 is 2.33 bits per heavy atom. The molecule has 1 unspecified atom stereocenters. The highest BCUT2D eigenvalue weighted by Gasteiger charge is 2.23. The van der Waals surface area contributed by atoms with Crippen molar-refractivity contribution in [3.05, 3.63) is 5.82 Å². The van der Waals surface area contributed by atoms with Crippen LogP contribution >= 0.6 is 11.8 Å². The third kappa shape index (κ3) is 1.12. The van der Waals surface area contributed by atoms with Crippen LogP contribution in [0.15, 0.2) is 0 Å². The number of nitrogen functional groups attached to an aromatic ring is 2. The Morgan fingerprint density at radius 3 is 2.83 bits per heavy atom. The zero-order valence-electron chi connectivity index (χ0n) is 6.60. The van der Waals surface area contributed by atoms with Crippen molar-refractivity contribution in [3.63, 3.8) is 0 Å². The zero-order valence-corrected chi connectivity index (χ0v) is 7.42. The zero-order chi connectivity index (χ0) is 8.55. The number of hydrogen-bond donors (Lipinski definition) is 2. The predicted octanol–water partition coefficient (Wildman–Crippen LogP) is -0.205. The Morgan fingerprint density at radius 1 is 1.50 bits per heavy atom. The maximum atomic E-state index is 5.64. The van der Waals surface area contributed by atoms with E-state index in [2.05, 4.69) is 10.2 Å². The van der Waals surface area contributed by atoms with E-state index in [1.54, 1.807) is 0 Å². The lowest BCUT2D eigenvalue weighted by Gasteiger charge is -2.05. The van der Waals surface area contributed by atoms with Crippen LogP contribution in [-0.2, 0) is 0 Å². The molecule has 0 amide bonds. The molecule has 0 spiro atoms. The second kappa shape index (κ2) is 2.85. The molecule has 1 aromatic heterocycles. The Balaban J connectivity index is 2.26. The Labute approximate surface area is 74.5 Å². The van der Waals surface area contributed by atoms with Crippen LogP contribution in [0, 0.1) is 0 Å². The lowest BCUT2D eigenvalue weighted by molar-refractivity contribution is 0.687. The Bertz CT molecular complexity index is 277. The van der Waals surface area contributed by atoms with Gasteiger partial charge < -0.3 is 11.6 Å². The minimum absolute atomic E-state index is 0.293. The second-order valence-corrected chi connectivity index (χ2v) is 4.00. The van der Waals surface area contributed by atoms with Crippen molar-refractivity contribution in [2.75, 3.05) is 23.1 Å². The molecule has 6 heteroatoms. The van der Waals surface area contributed by atoms with Gasteiger partial charge in [-0.3, -0.25) is 0 Å². The Hall–Kier alpha value is -0.910. The van der Waals surface area contributed by atoms with Gasteiger partial charge in [0.2, 0.25) is 5.95 Å². The molecule has 5 nitrogen and oxygen atoms in total. The fraction of sp³-hybridized carbons (Fsp3) is 0.667. The summed E-state index contributed by atoms with van der Waals surface area (Å²) in [6.07, 6.45) is 1.12. The topological polar surface area (TPSA) is 82.8 Å². The van der Waals surface area contributed by atoms with Crippen LogP contribution in [-0.4, -0.2) is 26.4 Å². The van der Waals surface area contributed by atoms with Gasteiger partial charge in [0.05, 0.1) is 0 Å². The maximum absolute atomic E-state index is 5.64. The predicted molar refractivity (Wildman–Crippen MR) is 49.3 cm³/mol. The molecule has 0 saturated carbocycles. The van der Waals surface area contributed by atoms with Crippen LogP contribution in [0.3, 0.4) is 0 Å². The summed E-state index contributed by atoms with van der Waals surface area (Å²) in [6.45, 7) is 0. The number of rotatable bonds is 1. The lowest BCUT2D eigenvalue weighted by atomic mass is 10.1. The van der Waals surface area contributed by atoms with Crippen molar-refractivity contribution in [1.29, 1.82) is 0 Å². The van der Waals surface area contributed by atoms with Crippen molar-refractivity contribution in [3.8, 4) is 0 Å². The van der Waals surface area contributed by atoms with E-state index in [0.717, 1.165) is 18.0 Å². The van der Waals surface area contributed by atoms with Crippen molar-refractivity contribution in [2.24, 2.45) is 0 Å². The summed E-state index contributed by atoms with van der Waals surface area (Å²) in [7, 11) is 0. The van der Waals surface area contributed by atoms with Crippen LogP contribution in [0.4, 0.5) is 5.95 Å². The minimum atomic E-state index is 0.293. The number of thioether (sulfide) groups is 1. The fourth-order valence-corrected chi connectivity index (χ4v) is 2.55. The first-order chi connectivity index (χ1) is 5.79. The standard InChI is InChI=1S/C6H11N5S/c7-6-10-9-5(11(6)8)4-1-2-12-3-4/h4H,1-3,8H2,(H2,7,10). The highest BCUT2D eigenvalue weighted by Crippen LogP contribution is 2.30. The monoisotopic (exact) mass is 185 g/mol. The molecule has 66 valence electrons. The van der Waals surface area contributed by atoms with E-state index in [4.69, 9.17) is 11.6 Å². The van der Waals surface area contributed by atoms with Crippen LogP contribution < -0.4 is 11.6 Å². The average Bonchev–Trinajstić information content (AvgIpc) is 2.64. The van der Waals surface area contributed by atoms with E-state index in [0.29, 0.717) is 11.9 Å². The van der Waals surface area contributed by atoms with E-state index in [9.17, 15) is 0 Å². The molecule has 4 N–H and O–H groups in total. The van der Waals surface area contributed by atoms with Crippen LogP contribution in [0.25, 0.3) is 0 Å². The average molecular weight is 185 g/mol. The number of nitrogens with two attached hydrogens (primary N) is 2. The lowest BCUT2D eigenvalue weighted by Crippen LogP contribution is -2.18. The second-order valence-electron chi connectivity index (χ2n) is 2.85. The number of nitrogens with zero attached hydrogens (tertiary/aromatic N) is 3. The number of hydrogen-bond acceptors (Lipinski definition) is 5. The van der Waals surface area contributed by atoms with Crippen molar-refractivity contribution >= 4 is 17.7 Å². The molecule has 1 saturated heterocycles. The van der Waals surface area contributed by atoms with E-state index < -0.39 is 0 Å². The molecule has 2 rings (SSSR count). The van der Waals surface area contributed by atoms with Crippen LogP contribution in [0.5, 0.6) is 0 Å². The van der Waals surface area contributed by atoms with E-state index in [-0.39, 0.29) is 0 Å². The van der Waals surface area contributed by atoms with Gasteiger partial charge in [0.25, 0.3) is 0 Å². The molecule has 0 aromatic carbocycles. The first kappa shape index (κ1) is 7.72. The van der Waals surface area contributed by atoms with E-state index in [1.807, 2.05) is 11.8 Å². The van der Waals surface area contributed by atoms with Crippen molar-refractivity contribution < 1.29 is 0 Å². The molecule has 0 radical (unpaired) electrons. The summed E-state index contributed by atoms with van der Waals surface area (Å²) < 4.78 is 1.39. The third-order valence-corrected chi connectivity index (χ3v) is 3.21. The van der Waals surface area contributed by atoms with Gasteiger partial charge in [-0.05, 0) is 12.2 Å². The van der Waals surface area contributed by atoms with Gasteiger partial charge in [0, 0.05) is 11.7 Å². The van der Waals surface area contributed by atoms with Gasteiger partial charge in [-0.2, -0.15) is 11.8 Å². The van der Waals surface area contributed by atoms with Gasteiger partial charge in [0.1, 0.15) is 0 Å². The molecule has 1 aliphatic heterocycles. The number of aromatic nitrogens is 3. The SMILES string of the molecule is Nc1nnc(C2CCSC2)n1N. The first-order valence-electron chi connectivity index (χ1n) is 3.82. The maximum Gasteiger partial charge on any atom is 0.240 e. The summed E-state index contributed by atoms with van der Waals surface area (Å²) >= 11 is 1.92. The molecule has 1 atom stereocenters. The summed E-state index contributed by atoms with van der Waals surface area (Å²) in [5, 5.41) is 7.66. The highest BCUT2D eigenvalue weighted by molar-refractivity contribution is 7.99. The Kier molecular flexibility index (Phi) is 1.84. The normalized spacial score (nSPS) is 23.2. The molecule has 1 aliphatic rings. The van der Waals surface area contributed by atoms with Crippen LogP contribution in [0.2, 0.25) is 0 Å². The highest BCUT2D eigenvalue weighted by atomic mass is 32.2. The molecule has 0 bridgehead atoms. The van der Waals surface area contributed by atoms with Crippen molar-refractivity contribution in [2.45, 2.75) is 12.3 Å². The van der Waals surface area contributed by atoms with Crippen LogP contribution in [0.1, 0.15) is 18.2 Å². The van der Waals surface area contributed by atoms with E-state index in [1.165, 1.54) is 10.4 Å². The fourth-order valence-electron chi connectivity index (χ4n) is 1.33. The quantitative estimate of drug-likeness (QED) is 0.592. The summed E-state index contributed by atoms with van der Waals surface area (Å²) in [5.74, 6) is 9.44. The summed E-state index contributed by atoms with van der Waals surface area (Å²) in [4.78, 5) is 0. The summed E-state index contributed by atoms with van der Waals surface area (Å²) in [6, 6.07) is 0. The molecule has 0 aliphatic carbocycles. The molecular formula is C6H11N5S. The van der Waals surface area contributed by atoms with Gasteiger partial charge >= 0.3 is 0 Å². The largest absolute Gasteiger partial charge is 0.366 e. The third-order valence-electron chi connectivity index (χ3n) is 2.04. The minimum Gasteiger partial charge on any atom is -0.366 e.